The summed E-state index contributed by atoms with van der Waals surface area (Å²) in [6.07, 6.45) is 0. The Labute approximate surface area is 203 Å². The first-order valence-corrected chi connectivity index (χ1v) is 13.0. The van der Waals surface area contributed by atoms with Crippen molar-refractivity contribution in [2.24, 2.45) is 0 Å². The summed E-state index contributed by atoms with van der Waals surface area (Å²) in [5, 5.41) is 0. The highest BCUT2D eigenvalue weighted by atomic mass is 32.2. The van der Waals surface area contributed by atoms with Gasteiger partial charge in [0.1, 0.15) is 0 Å². The number of hydrogen-bond donors (Lipinski definition) is 1. The topological polar surface area (TPSA) is 66.5 Å². The molecule has 0 aliphatic carbocycles. The van der Waals surface area contributed by atoms with Crippen molar-refractivity contribution in [2.45, 2.75) is 63.9 Å². The number of benzene rings is 3. The number of anilines is 1. The summed E-state index contributed by atoms with van der Waals surface area (Å²) in [4.78, 5) is 15.6. The number of para-hydroxylation sites is 1. The van der Waals surface area contributed by atoms with Gasteiger partial charge in [0.15, 0.2) is 0 Å². The van der Waals surface area contributed by atoms with Crippen LogP contribution in [-0.4, -0.2) is 25.3 Å². The summed E-state index contributed by atoms with van der Waals surface area (Å²) in [7, 11) is -3.87. The lowest BCUT2D eigenvalue weighted by atomic mass is 9.87. The first-order valence-electron chi connectivity index (χ1n) is 11.5. The van der Waals surface area contributed by atoms with E-state index in [1.54, 1.807) is 41.3 Å². The molecular weight excluding hydrogens is 444 g/mol. The average Bonchev–Trinajstić information content (AvgIpc) is 2.79. The molecule has 0 heterocycles. The predicted octanol–water partition coefficient (Wildman–Crippen LogP) is 6.40. The zero-order chi connectivity index (χ0) is 25.1. The van der Waals surface area contributed by atoms with Crippen LogP contribution in [0.25, 0.3) is 0 Å². The largest absolute Gasteiger partial charge is 0.329 e. The van der Waals surface area contributed by atoms with Gasteiger partial charge >= 0.3 is 0 Å². The minimum absolute atomic E-state index is 0.0789. The van der Waals surface area contributed by atoms with Gasteiger partial charge in [-0.15, -0.1) is 0 Å². The van der Waals surface area contributed by atoms with E-state index in [4.69, 9.17) is 0 Å². The molecule has 0 radical (unpaired) electrons. The maximum atomic E-state index is 13.7. The molecular formula is C28H34N2O3S. The van der Waals surface area contributed by atoms with Crippen LogP contribution >= 0.6 is 0 Å². The second kappa shape index (κ2) is 10.0. The van der Waals surface area contributed by atoms with Crippen molar-refractivity contribution >= 4 is 21.6 Å². The second-order valence-electron chi connectivity index (χ2n) is 9.82. The van der Waals surface area contributed by atoms with E-state index in [0.717, 1.165) is 11.1 Å². The van der Waals surface area contributed by atoms with E-state index in [0.29, 0.717) is 5.56 Å². The van der Waals surface area contributed by atoms with Gasteiger partial charge in [-0.3, -0.25) is 9.52 Å². The SMILES string of the molecule is CC(C)N(C(=O)c1ccccc1NS(=O)(=O)c1ccc(C(C)(C)C)cc1)[C@@H](C)c1ccccc1. The monoisotopic (exact) mass is 478 g/mol. The standard InChI is InChI=1S/C28H34N2O3S/c1-20(2)30(21(3)22-12-8-7-9-13-22)27(31)25-14-10-11-15-26(25)29-34(32,33)24-18-16-23(17-19-24)28(4,5)6/h7-21,29H,1-6H3/t21-/m0/s1. The minimum atomic E-state index is -3.87. The Bertz CT molecular complexity index is 1230. The van der Waals surface area contributed by atoms with Crippen molar-refractivity contribution in [2.75, 3.05) is 4.72 Å². The summed E-state index contributed by atoms with van der Waals surface area (Å²) in [6, 6.07) is 23.2. The normalized spacial score (nSPS) is 12.9. The lowest BCUT2D eigenvalue weighted by molar-refractivity contribution is 0.0625. The van der Waals surface area contributed by atoms with E-state index >= 15 is 0 Å². The molecule has 0 saturated heterocycles. The van der Waals surface area contributed by atoms with Gasteiger partial charge in [0.05, 0.1) is 22.2 Å². The summed E-state index contributed by atoms with van der Waals surface area (Å²) in [5.74, 6) is -0.229. The second-order valence-corrected chi connectivity index (χ2v) is 11.5. The summed E-state index contributed by atoms with van der Waals surface area (Å²) >= 11 is 0. The molecule has 1 N–H and O–H groups in total. The van der Waals surface area contributed by atoms with Gasteiger partial charge in [-0.2, -0.15) is 0 Å². The molecule has 5 nitrogen and oxygen atoms in total. The van der Waals surface area contributed by atoms with Gasteiger partial charge in [-0.1, -0.05) is 75.4 Å². The van der Waals surface area contributed by atoms with Crippen molar-refractivity contribution in [1.82, 2.24) is 4.90 Å². The van der Waals surface area contributed by atoms with Crippen LogP contribution in [0.5, 0.6) is 0 Å². The fourth-order valence-electron chi connectivity index (χ4n) is 3.99. The van der Waals surface area contributed by atoms with Crippen LogP contribution in [0.15, 0.2) is 83.8 Å². The third-order valence-corrected chi connectivity index (χ3v) is 7.30. The maximum absolute atomic E-state index is 13.7. The fourth-order valence-corrected chi connectivity index (χ4v) is 5.06. The molecule has 0 unspecified atom stereocenters. The Morgan fingerprint density at radius 3 is 1.94 bits per heavy atom. The quantitative estimate of drug-likeness (QED) is 0.427. The lowest BCUT2D eigenvalue weighted by Crippen LogP contribution is -2.39. The Morgan fingerprint density at radius 1 is 0.824 bits per heavy atom. The van der Waals surface area contributed by atoms with Crippen LogP contribution in [0, 0.1) is 0 Å². The summed E-state index contributed by atoms with van der Waals surface area (Å²) in [6.45, 7) is 12.1. The number of amides is 1. The number of hydrogen-bond acceptors (Lipinski definition) is 3. The molecule has 0 bridgehead atoms. The van der Waals surface area contributed by atoms with Crippen molar-refractivity contribution in [3.05, 3.63) is 95.6 Å². The molecule has 1 amide bonds. The molecule has 0 aromatic heterocycles. The maximum Gasteiger partial charge on any atom is 0.261 e. The highest BCUT2D eigenvalue weighted by Gasteiger charge is 2.28. The smallest absolute Gasteiger partial charge is 0.261 e. The molecule has 0 fully saturated rings. The molecule has 6 heteroatoms. The number of nitrogens with zero attached hydrogens (tertiary/aromatic N) is 1. The molecule has 3 rings (SSSR count). The zero-order valence-electron chi connectivity index (χ0n) is 20.7. The third-order valence-electron chi connectivity index (χ3n) is 5.92. The van der Waals surface area contributed by atoms with Crippen molar-refractivity contribution in [3.8, 4) is 0 Å². The van der Waals surface area contributed by atoms with Crippen LogP contribution in [0.4, 0.5) is 5.69 Å². The van der Waals surface area contributed by atoms with Gasteiger partial charge in [0.25, 0.3) is 15.9 Å². The molecule has 3 aromatic carbocycles. The summed E-state index contributed by atoms with van der Waals surface area (Å²) in [5.41, 5.74) is 2.56. The Hall–Kier alpha value is -3.12. The van der Waals surface area contributed by atoms with E-state index in [1.807, 2.05) is 63.2 Å². The molecule has 180 valence electrons. The van der Waals surface area contributed by atoms with E-state index in [9.17, 15) is 13.2 Å². The average molecular weight is 479 g/mol. The number of carbonyl (C=O) groups is 1. The predicted molar refractivity (Wildman–Crippen MR) is 139 cm³/mol. The molecule has 34 heavy (non-hydrogen) atoms. The number of sulfonamides is 1. The van der Waals surface area contributed by atoms with E-state index in [-0.39, 0.29) is 34.0 Å². The van der Waals surface area contributed by atoms with E-state index < -0.39 is 10.0 Å². The minimum Gasteiger partial charge on any atom is -0.329 e. The van der Waals surface area contributed by atoms with Crippen LogP contribution in [0.1, 0.15) is 69.1 Å². The molecule has 0 spiro atoms. The third kappa shape index (κ3) is 5.68. The zero-order valence-corrected chi connectivity index (χ0v) is 21.6. The lowest BCUT2D eigenvalue weighted by Gasteiger charge is -2.34. The molecule has 0 aliphatic heterocycles. The van der Waals surface area contributed by atoms with Crippen LogP contribution < -0.4 is 4.72 Å². The van der Waals surface area contributed by atoms with Gasteiger partial charge in [-0.25, -0.2) is 8.42 Å². The van der Waals surface area contributed by atoms with Gasteiger partial charge in [0.2, 0.25) is 0 Å². The number of nitrogens with one attached hydrogen (secondary N) is 1. The van der Waals surface area contributed by atoms with E-state index in [2.05, 4.69) is 25.5 Å². The van der Waals surface area contributed by atoms with Gasteiger partial charge in [0, 0.05) is 6.04 Å². The summed E-state index contributed by atoms with van der Waals surface area (Å²) < 4.78 is 29.0. The van der Waals surface area contributed by atoms with Crippen LogP contribution in [0.2, 0.25) is 0 Å². The van der Waals surface area contributed by atoms with Crippen molar-refractivity contribution in [3.63, 3.8) is 0 Å². The van der Waals surface area contributed by atoms with Crippen LogP contribution in [-0.2, 0) is 15.4 Å². The number of carbonyl (C=O) groups excluding carboxylic acids is 1. The Balaban J connectivity index is 1.93. The van der Waals surface area contributed by atoms with Crippen LogP contribution in [0.3, 0.4) is 0 Å². The molecule has 3 aromatic rings. The van der Waals surface area contributed by atoms with Gasteiger partial charge < -0.3 is 4.90 Å². The first kappa shape index (κ1) is 25.5. The van der Waals surface area contributed by atoms with E-state index in [1.165, 1.54) is 0 Å². The number of rotatable bonds is 7. The Kier molecular flexibility index (Phi) is 7.51. The van der Waals surface area contributed by atoms with Crippen molar-refractivity contribution < 1.29 is 13.2 Å². The Morgan fingerprint density at radius 2 is 1.38 bits per heavy atom. The van der Waals surface area contributed by atoms with Gasteiger partial charge in [-0.05, 0) is 61.6 Å². The molecule has 1 atom stereocenters. The molecule has 0 saturated carbocycles. The molecule has 0 aliphatic rings. The van der Waals surface area contributed by atoms with Crippen molar-refractivity contribution in [1.29, 1.82) is 0 Å². The highest BCUT2D eigenvalue weighted by Crippen LogP contribution is 2.29. The first-order chi connectivity index (χ1) is 15.9. The fraction of sp³-hybridized carbons (Fsp3) is 0.321. The highest BCUT2D eigenvalue weighted by molar-refractivity contribution is 7.92.